The monoisotopic (exact) mass is 295 g/mol. The van der Waals surface area contributed by atoms with Crippen LogP contribution >= 0.6 is 11.8 Å². The molecule has 0 N–H and O–H groups in total. The third-order valence-corrected chi connectivity index (χ3v) is 4.41. The lowest BCUT2D eigenvalue weighted by Crippen LogP contribution is -1.89. The molecule has 0 fully saturated rings. The van der Waals surface area contributed by atoms with Crippen LogP contribution in [0.25, 0.3) is 10.8 Å². The second-order valence-electron chi connectivity index (χ2n) is 4.69. The van der Waals surface area contributed by atoms with Crippen molar-refractivity contribution in [3.63, 3.8) is 0 Å². The maximum atomic E-state index is 10.8. The third kappa shape index (κ3) is 3.06. The van der Waals surface area contributed by atoms with Gasteiger partial charge in [0.15, 0.2) is 0 Å². The molecular weight excluding hydrogens is 282 g/mol. The Hall–Kier alpha value is -2.33. The summed E-state index contributed by atoms with van der Waals surface area (Å²) < 4.78 is 0. The van der Waals surface area contributed by atoms with Gasteiger partial charge in [0.25, 0.3) is 5.69 Å². The van der Waals surface area contributed by atoms with Crippen LogP contribution in [0.4, 0.5) is 5.69 Å². The molecule has 0 bridgehead atoms. The Morgan fingerprint density at radius 3 is 2.57 bits per heavy atom. The van der Waals surface area contributed by atoms with E-state index in [-0.39, 0.29) is 10.6 Å². The first-order chi connectivity index (χ1) is 10.2. The Kier molecular flexibility index (Phi) is 3.88. The number of fused-ring (bicyclic) bond motifs is 1. The molecule has 0 atom stereocenters. The van der Waals surface area contributed by atoms with E-state index >= 15 is 0 Å². The molecule has 0 unspecified atom stereocenters. The number of non-ortho nitro benzene ring substituents is 1. The van der Waals surface area contributed by atoms with Crippen molar-refractivity contribution in [2.45, 2.75) is 10.6 Å². The molecule has 0 radical (unpaired) electrons. The molecule has 0 aliphatic carbocycles. The average Bonchev–Trinajstić information content (AvgIpc) is 2.53. The van der Waals surface area contributed by atoms with Gasteiger partial charge in [0.2, 0.25) is 0 Å². The predicted octanol–water partition coefficient (Wildman–Crippen LogP) is 5.04. The van der Waals surface area contributed by atoms with Crippen LogP contribution in [0.1, 0.15) is 5.56 Å². The molecule has 4 heteroatoms. The van der Waals surface area contributed by atoms with Gasteiger partial charge in [0, 0.05) is 22.8 Å². The zero-order valence-electron chi connectivity index (χ0n) is 11.2. The second-order valence-corrected chi connectivity index (χ2v) is 5.71. The number of nitro benzene ring substituents is 1. The third-order valence-electron chi connectivity index (χ3n) is 3.27. The van der Waals surface area contributed by atoms with Gasteiger partial charge in [-0.2, -0.15) is 0 Å². The quantitative estimate of drug-likeness (QED) is 0.385. The molecule has 21 heavy (non-hydrogen) atoms. The van der Waals surface area contributed by atoms with Crippen LogP contribution in [-0.4, -0.2) is 4.92 Å². The molecular formula is C17H13NO2S. The molecule has 0 amide bonds. The Bertz CT molecular complexity index is 796. The lowest BCUT2D eigenvalue weighted by atomic mass is 10.1. The van der Waals surface area contributed by atoms with E-state index in [1.165, 1.54) is 21.7 Å². The highest BCUT2D eigenvalue weighted by Gasteiger charge is 2.07. The summed E-state index contributed by atoms with van der Waals surface area (Å²) in [6.45, 7) is 0. The zero-order chi connectivity index (χ0) is 14.7. The normalized spacial score (nSPS) is 10.7. The highest BCUT2D eigenvalue weighted by molar-refractivity contribution is 7.98. The highest BCUT2D eigenvalue weighted by Crippen LogP contribution is 2.30. The van der Waals surface area contributed by atoms with Gasteiger partial charge in [-0.05, 0) is 22.4 Å². The summed E-state index contributed by atoms with van der Waals surface area (Å²) in [4.78, 5) is 11.6. The molecule has 3 nitrogen and oxygen atoms in total. The van der Waals surface area contributed by atoms with Crippen molar-refractivity contribution in [1.29, 1.82) is 0 Å². The smallest absolute Gasteiger partial charge is 0.258 e. The molecule has 0 aliphatic heterocycles. The van der Waals surface area contributed by atoms with E-state index in [4.69, 9.17) is 0 Å². The summed E-state index contributed by atoms with van der Waals surface area (Å²) >= 11 is 1.70. The molecule has 3 rings (SSSR count). The van der Waals surface area contributed by atoms with Crippen molar-refractivity contribution in [2.75, 3.05) is 0 Å². The van der Waals surface area contributed by atoms with E-state index in [9.17, 15) is 10.1 Å². The van der Waals surface area contributed by atoms with E-state index < -0.39 is 0 Å². The summed E-state index contributed by atoms with van der Waals surface area (Å²) in [5.41, 5.74) is 1.10. The molecule has 0 aliphatic rings. The van der Waals surface area contributed by atoms with Crippen molar-refractivity contribution in [1.82, 2.24) is 0 Å². The summed E-state index contributed by atoms with van der Waals surface area (Å²) in [5, 5.41) is 13.2. The number of benzene rings is 3. The summed E-state index contributed by atoms with van der Waals surface area (Å²) in [5.74, 6) is 0.718. The topological polar surface area (TPSA) is 43.1 Å². The molecule has 3 aromatic rings. The van der Waals surface area contributed by atoms with Crippen LogP contribution < -0.4 is 0 Å². The molecule has 0 heterocycles. The number of rotatable bonds is 4. The van der Waals surface area contributed by atoms with E-state index in [1.807, 2.05) is 24.3 Å². The second kappa shape index (κ2) is 5.97. The van der Waals surface area contributed by atoms with Crippen LogP contribution in [0, 0.1) is 10.1 Å². The van der Waals surface area contributed by atoms with Gasteiger partial charge in [-0.1, -0.05) is 48.5 Å². The van der Waals surface area contributed by atoms with Crippen molar-refractivity contribution < 1.29 is 4.92 Å². The van der Waals surface area contributed by atoms with Gasteiger partial charge in [-0.15, -0.1) is 11.8 Å². The molecule has 0 saturated heterocycles. The summed E-state index contributed by atoms with van der Waals surface area (Å²) in [6, 6.07) is 21.3. The Balaban J connectivity index is 1.84. The molecule has 104 valence electrons. The number of hydrogen-bond acceptors (Lipinski definition) is 3. The first-order valence-electron chi connectivity index (χ1n) is 6.58. The lowest BCUT2D eigenvalue weighted by molar-refractivity contribution is -0.384. The predicted molar refractivity (Wildman–Crippen MR) is 86.6 cm³/mol. The molecule has 3 aromatic carbocycles. The van der Waals surface area contributed by atoms with Crippen LogP contribution in [0.3, 0.4) is 0 Å². The fourth-order valence-corrected chi connectivity index (χ4v) is 3.26. The van der Waals surface area contributed by atoms with Crippen LogP contribution in [0.15, 0.2) is 71.6 Å². The van der Waals surface area contributed by atoms with Gasteiger partial charge in [-0.25, -0.2) is 0 Å². The van der Waals surface area contributed by atoms with E-state index in [0.717, 1.165) is 11.3 Å². The maximum absolute atomic E-state index is 10.8. The Morgan fingerprint density at radius 1 is 0.952 bits per heavy atom. The Labute approximate surface area is 126 Å². The lowest BCUT2D eigenvalue weighted by Gasteiger charge is -2.06. The number of thioether (sulfide) groups is 1. The standard InChI is InChI=1S/C17H13NO2S/c19-18(20)15-8-3-5-13(11-15)12-21-17-10-4-7-14-6-1-2-9-16(14)17/h1-11H,12H2. The number of nitrogens with zero attached hydrogens (tertiary/aromatic N) is 1. The molecule has 0 spiro atoms. The van der Waals surface area contributed by atoms with Crippen molar-refractivity contribution in [2.24, 2.45) is 0 Å². The van der Waals surface area contributed by atoms with Gasteiger partial charge < -0.3 is 0 Å². The van der Waals surface area contributed by atoms with Crippen LogP contribution in [0.2, 0.25) is 0 Å². The minimum atomic E-state index is -0.355. The van der Waals surface area contributed by atoms with Crippen LogP contribution in [-0.2, 0) is 5.75 Å². The molecule has 0 aromatic heterocycles. The first-order valence-corrected chi connectivity index (χ1v) is 7.56. The average molecular weight is 295 g/mol. The minimum absolute atomic E-state index is 0.144. The van der Waals surface area contributed by atoms with Gasteiger partial charge >= 0.3 is 0 Å². The maximum Gasteiger partial charge on any atom is 0.269 e. The largest absolute Gasteiger partial charge is 0.269 e. The Morgan fingerprint density at radius 2 is 1.71 bits per heavy atom. The van der Waals surface area contributed by atoms with Crippen molar-refractivity contribution in [3.8, 4) is 0 Å². The van der Waals surface area contributed by atoms with Crippen molar-refractivity contribution in [3.05, 3.63) is 82.4 Å². The molecule has 0 saturated carbocycles. The van der Waals surface area contributed by atoms with E-state index in [0.29, 0.717) is 0 Å². The minimum Gasteiger partial charge on any atom is -0.258 e. The first kappa shape index (κ1) is 13.6. The number of nitro groups is 1. The van der Waals surface area contributed by atoms with Gasteiger partial charge in [-0.3, -0.25) is 10.1 Å². The van der Waals surface area contributed by atoms with E-state index in [1.54, 1.807) is 23.9 Å². The number of hydrogen-bond donors (Lipinski definition) is 0. The summed E-state index contributed by atoms with van der Waals surface area (Å²) in [6.07, 6.45) is 0. The zero-order valence-corrected chi connectivity index (χ0v) is 12.0. The van der Waals surface area contributed by atoms with E-state index in [2.05, 4.69) is 24.3 Å². The highest BCUT2D eigenvalue weighted by atomic mass is 32.2. The van der Waals surface area contributed by atoms with Crippen molar-refractivity contribution >= 4 is 28.2 Å². The fraction of sp³-hybridized carbons (Fsp3) is 0.0588. The van der Waals surface area contributed by atoms with Gasteiger partial charge in [0.05, 0.1) is 4.92 Å². The fourth-order valence-electron chi connectivity index (χ4n) is 2.24. The van der Waals surface area contributed by atoms with Gasteiger partial charge in [0.1, 0.15) is 0 Å². The summed E-state index contributed by atoms with van der Waals surface area (Å²) in [7, 11) is 0. The SMILES string of the molecule is O=[N+]([O-])c1cccc(CSc2cccc3ccccc23)c1. The van der Waals surface area contributed by atoms with Crippen LogP contribution in [0.5, 0.6) is 0 Å².